The van der Waals surface area contributed by atoms with Crippen LogP contribution in [-0.4, -0.2) is 75.9 Å². The molecule has 53 heavy (non-hydrogen) atoms. The van der Waals surface area contributed by atoms with Crippen molar-refractivity contribution < 1.29 is 33.8 Å². The fourth-order valence-electron chi connectivity index (χ4n) is 5.62. The summed E-state index contributed by atoms with van der Waals surface area (Å²) in [5.74, 6) is -0.0424. The normalized spacial score (nSPS) is 13.1. The Morgan fingerprint density at radius 2 is 1.60 bits per heavy atom. The number of carbonyl (C=O) groups is 4. The van der Waals surface area contributed by atoms with Gasteiger partial charge in [0.25, 0.3) is 0 Å². The van der Waals surface area contributed by atoms with E-state index in [1.165, 1.54) is 0 Å². The number of carbonyl (C=O) groups excluding carboxylic acids is 4. The number of ether oxygens (including phenoxy) is 2. The second kappa shape index (κ2) is 21.6. The quantitative estimate of drug-likeness (QED) is 0.0985. The van der Waals surface area contributed by atoms with E-state index in [0.717, 1.165) is 23.3 Å². The highest BCUT2D eigenvalue weighted by Crippen LogP contribution is 2.15. The molecule has 0 radical (unpaired) electrons. The fraction of sp³-hybridized carbons (Fsp3) is 0.525. The first kappa shape index (κ1) is 42.5. The predicted molar refractivity (Wildman–Crippen MR) is 203 cm³/mol. The minimum Gasteiger partial charge on any atom is -0.497 e. The van der Waals surface area contributed by atoms with Gasteiger partial charge in [-0.15, -0.1) is 0 Å². The maximum atomic E-state index is 13.7. The van der Waals surface area contributed by atoms with E-state index in [1.54, 1.807) is 34.2 Å². The third kappa shape index (κ3) is 17.0. The molecule has 3 atom stereocenters. The van der Waals surface area contributed by atoms with Crippen LogP contribution in [0.1, 0.15) is 90.0 Å². The molecular formula is C40H58N6O7. The number of nitrogens with zero attached hydrogens (tertiary/aromatic N) is 2. The number of aliphatic hydroxyl groups excluding tert-OH is 1. The van der Waals surface area contributed by atoms with Crippen LogP contribution in [0.4, 0.5) is 4.79 Å². The Bertz CT molecular complexity index is 1570. The first-order valence-electron chi connectivity index (χ1n) is 18.4. The molecule has 2 aromatic carbocycles. The van der Waals surface area contributed by atoms with Crippen molar-refractivity contribution in [3.63, 3.8) is 0 Å². The van der Waals surface area contributed by atoms with Crippen molar-refractivity contribution in [3.05, 3.63) is 83.9 Å². The molecule has 4 amide bonds. The van der Waals surface area contributed by atoms with Crippen molar-refractivity contribution in [2.45, 2.75) is 116 Å². The first-order chi connectivity index (χ1) is 25.2. The summed E-state index contributed by atoms with van der Waals surface area (Å²) in [4.78, 5) is 56.0. The number of benzene rings is 2. The number of rotatable bonds is 21. The van der Waals surface area contributed by atoms with E-state index >= 15 is 0 Å². The van der Waals surface area contributed by atoms with Crippen molar-refractivity contribution in [1.29, 1.82) is 0 Å². The van der Waals surface area contributed by atoms with Crippen LogP contribution < -0.4 is 26.0 Å². The number of alkyl carbamates (subject to hydrolysis) is 1. The van der Waals surface area contributed by atoms with E-state index in [0.29, 0.717) is 51.0 Å². The zero-order chi connectivity index (χ0) is 38.8. The molecule has 1 aromatic heterocycles. The van der Waals surface area contributed by atoms with E-state index < -0.39 is 35.8 Å². The Kier molecular flexibility index (Phi) is 17.3. The topological polar surface area (TPSA) is 173 Å². The van der Waals surface area contributed by atoms with Crippen molar-refractivity contribution in [2.75, 3.05) is 13.7 Å². The van der Waals surface area contributed by atoms with Gasteiger partial charge in [-0.05, 0) is 69.2 Å². The number of hydrogen-bond acceptors (Lipinski definition) is 8. The number of nitrogens with one attached hydrogen (secondary N) is 4. The molecule has 0 aliphatic carbocycles. The van der Waals surface area contributed by atoms with Gasteiger partial charge >= 0.3 is 6.09 Å². The highest BCUT2D eigenvalue weighted by atomic mass is 16.6. The molecule has 0 aliphatic heterocycles. The van der Waals surface area contributed by atoms with Gasteiger partial charge in [0.05, 0.1) is 37.7 Å². The maximum absolute atomic E-state index is 13.7. The van der Waals surface area contributed by atoms with Crippen LogP contribution in [0.15, 0.2) is 67.1 Å². The molecule has 0 spiro atoms. The van der Waals surface area contributed by atoms with Crippen molar-refractivity contribution in [2.24, 2.45) is 5.92 Å². The maximum Gasteiger partial charge on any atom is 0.408 e. The number of amides is 4. The van der Waals surface area contributed by atoms with Gasteiger partial charge in [0, 0.05) is 38.7 Å². The van der Waals surface area contributed by atoms with Crippen LogP contribution in [0.5, 0.6) is 5.75 Å². The van der Waals surface area contributed by atoms with Gasteiger partial charge < -0.3 is 40.4 Å². The lowest BCUT2D eigenvalue weighted by molar-refractivity contribution is -0.127. The van der Waals surface area contributed by atoms with Crippen LogP contribution in [0, 0.1) is 5.92 Å². The van der Waals surface area contributed by atoms with Gasteiger partial charge in [0.1, 0.15) is 17.4 Å². The van der Waals surface area contributed by atoms with Crippen LogP contribution in [0.25, 0.3) is 0 Å². The molecule has 5 N–H and O–H groups in total. The Morgan fingerprint density at radius 1 is 0.887 bits per heavy atom. The molecule has 0 unspecified atom stereocenters. The Balaban J connectivity index is 1.49. The molecule has 290 valence electrons. The van der Waals surface area contributed by atoms with Crippen LogP contribution in [0.2, 0.25) is 0 Å². The molecule has 13 heteroatoms. The lowest BCUT2D eigenvalue weighted by Gasteiger charge is -2.28. The van der Waals surface area contributed by atoms with Gasteiger partial charge in [0.15, 0.2) is 0 Å². The van der Waals surface area contributed by atoms with Gasteiger partial charge in [-0.1, -0.05) is 62.7 Å². The molecule has 0 aliphatic rings. The fourth-order valence-corrected chi connectivity index (χ4v) is 5.62. The number of aromatic nitrogens is 2. The summed E-state index contributed by atoms with van der Waals surface area (Å²) in [5, 5.41) is 22.4. The van der Waals surface area contributed by atoms with Gasteiger partial charge in [-0.25, -0.2) is 9.78 Å². The molecule has 0 saturated carbocycles. The summed E-state index contributed by atoms with van der Waals surface area (Å²) in [6.45, 7) is 10.6. The van der Waals surface area contributed by atoms with E-state index in [2.05, 4.69) is 26.3 Å². The number of aliphatic hydroxyl groups is 1. The predicted octanol–water partition coefficient (Wildman–Crippen LogP) is 4.65. The van der Waals surface area contributed by atoms with Crippen LogP contribution in [0.3, 0.4) is 0 Å². The minimum atomic E-state index is -1.16. The molecule has 0 bridgehead atoms. The second-order valence-corrected chi connectivity index (χ2v) is 14.7. The molecule has 13 nitrogen and oxygen atoms in total. The zero-order valence-electron chi connectivity index (χ0n) is 32.0. The molecule has 0 fully saturated rings. The van der Waals surface area contributed by atoms with Crippen molar-refractivity contribution in [3.8, 4) is 5.75 Å². The van der Waals surface area contributed by atoms with Crippen LogP contribution >= 0.6 is 0 Å². The summed E-state index contributed by atoms with van der Waals surface area (Å²) in [6, 6.07) is 15.6. The van der Waals surface area contributed by atoms with Crippen LogP contribution in [-0.2, 0) is 38.6 Å². The smallest absolute Gasteiger partial charge is 0.408 e. The number of unbranched alkanes of at least 4 members (excludes halogenated alkanes) is 2. The SMILES string of the molecule is COc1ccc(CNC(=O)CCCCCNC(=O)C[C@H](O)[C@H](CC(C)C)NC(=O)[C@H](Cc2cn(Cc3ccccc3)cn2)NC(=O)OC(C)(C)C)cc1. The molecule has 3 aromatic rings. The molecule has 0 saturated heterocycles. The van der Waals surface area contributed by atoms with Gasteiger partial charge in [-0.3, -0.25) is 14.4 Å². The van der Waals surface area contributed by atoms with E-state index in [9.17, 15) is 24.3 Å². The third-order valence-electron chi connectivity index (χ3n) is 8.28. The standard InChI is InChI=1S/C40H58N6O7/c1-28(2)21-33(35(47)23-37(49)41-20-12-8-11-15-36(48)42-24-29-16-18-32(52-6)19-17-29)44-38(50)34(45-39(51)53-40(3,4)5)22-31-26-46(27-43-31)25-30-13-9-7-10-14-30/h7,9-10,13-14,16-19,26-28,33-35,47H,8,11-12,15,20-25H2,1-6H3,(H,41,49)(H,42,48)(H,44,50)(H,45,51)/t33-,34-,35-/m0/s1. The highest BCUT2D eigenvalue weighted by molar-refractivity contribution is 5.86. The third-order valence-corrected chi connectivity index (χ3v) is 8.28. The number of imidazole rings is 1. The minimum absolute atomic E-state index is 0.0347. The Morgan fingerprint density at radius 3 is 2.26 bits per heavy atom. The highest BCUT2D eigenvalue weighted by Gasteiger charge is 2.30. The van der Waals surface area contributed by atoms with Gasteiger partial charge in [0.2, 0.25) is 17.7 Å². The molecule has 1 heterocycles. The summed E-state index contributed by atoms with van der Waals surface area (Å²) in [6.07, 6.45) is 4.37. The van der Waals surface area contributed by atoms with E-state index in [4.69, 9.17) is 9.47 Å². The summed E-state index contributed by atoms with van der Waals surface area (Å²) in [5.41, 5.74) is 1.89. The summed E-state index contributed by atoms with van der Waals surface area (Å²) < 4.78 is 12.5. The number of hydrogen-bond donors (Lipinski definition) is 5. The average Bonchev–Trinajstić information content (AvgIpc) is 3.54. The van der Waals surface area contributed by atoms with Crippen molar-refractivity contribution in [1.82, 2.24) is 30.8 Å². The average molecular weight is 735 g/mol. The first-order valence-corrected chi connectivity index (χ1v) is 18.4. The van der Waals surface area contributed by atoms with E-state index in [-0.39, 0.29) is 30.6 Å². The van der Waals surface area contributed by atoms with Crippen molar-refractivity contribution >= 4 is 23.8 Å². The molecular weight excluding hydrogens is 676 g/mol. The van der Waals surface area contributed by atoms with Gasteiger partial charge in [-0.2, -0.15) is 0 Å². The summed E-state index contributed by atoms with van der Waals surface area (Å²) >= 11 is 0. The molecule has 3 rings (SSSR count). The number of methoxy groups -OCH3 is 1. The largest absolute Gasteiger partial charge is 0.497 e. The lowest BCUT2D eigenvalue weighted by Crippen LogP contribution is -2.54. The monoisotopic (exact) mass is 734 g/mol. The Labute approximate surface area is 313 Å². The van der Waals surface area contributed by atoms with E-state index in [1.807, 2.05) is 79.2 Å². The summed E-state index contributed by atoms with van der Waals surface area (Å²) in [7, 11) is 1.61. The zero-order valence-corrected chi connectivity index (χ0v) is 32.0. The Hall–Kier alpha value is -4.91. The second-order valence-electron chi connectivity index (χ2n) is 14.7. The lowest BCUT2D eigenvalue weighted by atomic mass is 9.96.